The van der Waals surface area contributed by atoms with Crippen LogP contribution in [-0.4, -0.2) is 11.7 Å². The van der Waals surface area contributed by atoms with Crippen molar-refractivity contribution in [2.24, 2.45) is 0 Å². The number of unbranched alkanes of at least 4 members (excludes halogenated alkanes) is 1. The van der Waals surface area contributed by atoms with E-state index in [1.165, 1.54) is 21.9 Å². The van der Waals surface area contributed by atoms with E-state index in [9.17, 15) is 5.11 Å². The van der Waals surface area contributed by atoms with Gasteiger partial charge in [0.15, 0.2) is 0 Å². The van der Waals surface area contributed by atoms with Gasteiger partial charge in [-0.15, -0.1) is 0 Å². The fraction of sp³-hybridized carbons (Fsp3) is 0.235. The Kier molecular flexibility index (Phi) is 9.13. The molecule has 36 heavy (non-hydrogen) atoms. The summed E-state index contributed by atoms with van der Waals surface area (Å²) < 4.78 is 5.77. The summed E-state index contributed by atoms with van der Waals surface area (Å²) in [6.45, 7) is 5.03. The van der Waals surface area contributed by atoms with E-state index in [0.29, 0.717) is 0 Å². The Hall–Kier alpha value is -3.62. The van der Waals surface area contributed by atoms with Gasteiger partial charge in [0.2, 0.25) is 0 Å². The van der Waals surface area contributed by atoms with Crippen molar-refractivity contribution in [1.82, 2.24) is 0 Å². The molecule has 1 unspecified atom stereocenters. The van der Waals surface area contributed by atoms with E-state index >= 15 is 0 Å². The van der Waals surface area contributed by atoms with Crippen LogP contribution in [0, 0.1) is 0 Å². The molecule has 0 spiro atoms. The number of rotatable bonds is 11. The highest BCUT2D eigenvalue weighted by Crippen LogP contribution is 2.27. The lowest BCUT2D eigenvalue weighted by atomic mass is 9.97. The van der Waals surface area contributed by atoms with Crippen molar-refractivity contribution < 1.29 is 9.84 Å². The summed E-state index contributed by atoms with van der Waals surface area (Å²) >= 11 is 0. The van der Waals surface area contributed by atoms with E-state index in [-0.39, 0.29) is 6.10 Å². The van der Waals surface area contributed by atoms with E-state index in [2.05, 4.69) is 98.8 Å². The van der Waals surface area contributed by atoms with Crippen molar-refractivity contribution in [2.45, 2.75) is 45.6 Å². The number of benzene rings is 4. The van der Waals surface area contributed by atoms with Gasteiger partial charge in [-0.25, -0.2) is 0 Å². The minimum absolute atomic E-state index is 0.380. The number of aliphatic hydroxyl groups excluding tert-OH is 1. The van der Waals surface area contributed by atoms with Crippen LogP contribution in [0.2, 0.25) is 0 Å². The Morgan fingerprint density at radius 3 is 1.75 bits per heavy atom. The Balaban J connectivity index is 1.50. The number of aliphatic hydroxyl groups is 1. The van der Waals surface area contributed by atoms with Crippen LogP contribution in [0.15, 0.2) is 84.9 Å². The average Bonchev–Trinajstić information content (AvgIpc) is 2.92. The minimum Gasteiger partial charge on any atom is -0.494 e. The molecular formula is C34H36O2. The monoisotopic (exact) mass is 476 g/mol. The van der Waals surface area contributed by atoms with Crippen molar-refractivity contribution in [2.75, 3.05) is 6.61 Å². The number of fused-ring (bicyclic) bond motifs is 1. The summed E-state index contributed by atoms with van der Waals surface area (Å²) in [5, 5.41) is 12.7. The first-order chi connectivity index (χ1) is 17.7. The zero-order valence-electron chi connectivity index (χ0n) is 21.4. The third-order valence-electron chi connectivity index (χ3n) is 6.43. The normalized spacial score (nSPS) is 12.5. The van der Waals surface area contributed by atoms with Crippen LogP contribution >= 0.6 is 0 Å². The van der Waals surface area contributed by atoms with Crippen LogP contribution in [0.5, 0.6) is 5.75 Å². The summed E-state index contributed by atoms with van der Waals surface area (Å²) in [4.78, 5) is 0. The molecule has 2 heteroatoms. The highest BCUT2D eigenvalue weighted by molar-refractivity contribution is 5.99. The minimum atomic E-state index is -0.380. The van der Waals surface area contributed by atoms with Crippen LogP contribution in [-0.2, 0) is 0 Å². The molecule has 0 radical (unpaired) electrons. The van der Waals surface area contributed by atoms with Gasteiger partial charge < -0.3 is 9.84 Å². The lowest BCUT2D eigenvalue weighted by Crippen LogP contribution is -1.95. The summed E-state index contributed by atoms with van der Waals surface area (Å²) in [5.41, 5.74) is 5.64. The fourth-order valence-corrected chi connectivity index (χ4v) is 4.29. The molecule has 0 saturated carbocycles. The van der Waals surface area contributed by atoms with Gasteiger partial charge in [-0.1, -0.05) is 124 Å². The third-order valence-corrected chi connectivity index (χ3v) is 6.43. The molecule has 1 N–H and O–H groups in total. The SMILES string of the molecule is CCCCOc1ccc(/C=C/c2ccc(/C=C/c3ccc(C(O)CCC)cc3)c3ccccc23)cc1. The van der Waals surface area contributed by atoms with Gasteiger partial charge >= 0.3 is 0 Å². The average molecular weight is 477 g/mol. The molecule has 0 heterocycles. The summed E-state index contributed by atoms with van der Waals surface area (Å²) in [7, 11) is 0. The van der Waals surface area contributed by atoms with Crippen molar-refractivity contribution in [3.05, 3.63) is 113 Å². The van der Waals surface area contributed by atoms with Crippen LogP contribution in [0.4, 0.5) is 0 Å². The van der Waals surface area contributed by atoms with Crippen LogP contribution < -0.4 is 4.74 Å². The quantitative estimate of drug-likeness (QED) is 0.173. The van der Waals surface area contributed by atoms with Gasteiger partial charge in [0.05, 0.1) is 12.7 Å². The maximum absolute atomic E-state index is 10.2. The van der Waals surface area contributed by atoms with E-state index in [4.69, 9.17) is 4.74 Å². The van der Waals surface area contributed by atoms with Gasteiger partial charge in [-0.2, -0.15) is 0 Å². The standard InChI is InChI=1S/C34H36O2/c1-3-5-25-36-31-23-15-27(16-24-31)12-18-29-22-21-28(32-9-6-7-10-33(29)32)17-11-26-13-19-30(20-14-26)34(35)8-4-2/h6-7,9-24,34-35H,3-5,8,25H2,1-2H3/b17-11+,18-12+. The highest BCUT2D eigenvalue weighted by Gasteiger charge is 2.06. The highest BCUT2D eigenvalue weighted by atomic mass is 16.5. The third kappa shape index (κ3) is 6.74. The Labute approximate surface area is 215 Å². The number of ether oxygens (including phenoxy) is 1. The van der Waals surface area contributed by atoms with Crippen molar-refractivity contribution in [3.63, 3.8) is 0 Å². The number of hydrogen-bond donors (Lipinski definition) is 1. The zero-order valence-corrected chi connectivity index (χ0v) is 21.4. The van der Waals surface area contributed by atoms with Gasteiger partial charge in [-0.3, -0.25) is 0 Å². The molecule has 0 aliphatic rings. The van der Waals surface area contributed by atoms with E-state index in [1.54, 1.807) is 0 Å². The van der Waals surface area contributed by atoms with Crippen LogP contribution in [0.3, 0.4) is 0 Å². The van der Waals surface area contributed by atoms with E-state index in [0.717, 1.165) is 54.7 Å². The molecule has 1 atom stereocenters. The summed E-state index contributed by atoms with van der Waals surface area (Å²) in [6.07, 6.45) is 12.2. The predicted octanol–water partition coefficient (Wildman–Crippen LogP) is 9.19. The smallest absolute Gasteiger partial charge is 0.119 e. The van der Waals surface area contributed by atoms with Crippen molar-refractivity contribution >= 4 is 35.1 Å². The molecule has 2 nitrogen and oxygen atoms in total. The second-order valence-corrected chi connectivity index (χ2v) is 9.20. The van der Waals surface area contributed by atoms with Gasteiger partial charge in [0.25, 0.3) is 0 Å². The van der Waals surface area contributed by atoms with Gasteiger partial charge in [0.1, 0.15) is 5.75 Å². The largest absolute Gasteiger partial charge is 0.494 e. The van der Waals surface area contributed by atoms with Gasteiger partial charge in [0, 0.05) is 0 Å². The molecule has 0 aromatic heterocycles. The van der Waals surface area contributed by atoms with Crippen LogP contribution in [0.25, 0.3) is 35.1 Å². The lowest BCUT2D eigenvalue weighted by molar-refractivity contribution is 0.166. The second-order valence-electron chi connectivity index (χ2n) is 9.20. The Morgan fingerprint density at radius 2 is 1.22 bits per heavy atom. The fourth-order valence-electron chi connectivity index (χ4n) is 4.29. The van der Waals surface area contributed by atoms with Crippen molar-refractivity contribution in [1.29, 1.82) is 0 Å². The number of hydrogen-bond acceptors (Lipinski definition) is 2. The molecule has 4 aromatic carbocycles. The second kappa shape index (κ2) is 12.9. The molecule has 0 aliphatic carbocycles. The maximum atomic E-state index is 10.2. The molecule has 0 aliphatic heterocycles. The zero-order chi connectivity index (χ0) is 25.2. The summed E-state index contributed by atoms with van der Waals surface area (Å²) in [6, 6.07) is 29.4. The lowest BCUT2D eigenvalue weighted by Gasteiger charge is -2.09. The first kappa shape index (κ1) is 25.5. The molecule has 0 bridgehead atoms. The first-order valence-electron chi connectivity index (χ1n) is 13.1. The Morgan fingerprint density at radius 1 is 0.667 bits per heavy atom. The van der Waals surface area contributed by atoms with Gasteiger partial charge in [-0.05, 0) is 63.6 Å². The topological polar surface area (TPSA) is 29.5 Å². The van der Waals surface area contributed by atoms with Crippen LogP contribution in [0.1, 0.15) is 73.5 Å². The predicted molar refractivity (Wildman–Crippen MR) is 155 cm³/mol. The molecule has 0 amide bonds. The van der Waals surface area contributed by atoms with E-state index in [1.807, 2.05) is 24.3 Å². The molecular weight excluding hydrogens is 440 g/mol. The molecule has 184 valence electrons. The Bertz CT molecular complexity index is 1300. The molecule has 0 fully saturated rings. The first-order valence-corrected chi connectivity index (χ1v) is 13.1. The molecule has 4 rings (SSSR count). The van der Waals surface area contributed by atoms with E-state index < -0.39 is 0 Å². The summed E-state index contributed by atoms with van der Waals surface area (Å²) in [5.74, 6) is 0.925. The van der Waals surface area contributed by atoms with Crippen molar-refractivity contribution in [3.8, 4) is 5.75 Å². The molecule has 0 saturated heterocycles. The maximum Gasteiger partial charge on any atom is 0.119 e. The molecule has 4 aromatic rings.